The molecule has 1 saturated heterocycles. The van der Waals surface area contributed by atoms with Gasteiger partial charge in [0, 0.05) is 31.5 Å². The lowest BCUT2D eigenvalue weighted by atomic mass is 9.92. The van der Waals surface area contributed by atoms with E-state index < -0.39 is 10.0 Å². The monoisotopic (exact) mass is 381 g/mol. The average Bonchev–Trinajstić information content (AvgIpc) is 3.30. The fraction of sp³-hybridized carbons (Fsp3) is 0.412. The molecule has 2 aliphatic rings. The molecule has 1 aromatic carbocycles. The molecular formula is C17H19NO5S2. The van der Waals surface area contributed by atoms with E-state index in [2.05, 4.69) is 0 Å². The molecule has 0 bridgehead atoms. The number of thiophene rings is 1. The Morgan fingerprint density at radius 3 is 2.80 bits per heavy atom. The number of fused-ring (bicyclic) bond motifs is 1. The van der Waals surface area contributed by atoms with Gasteiger partial charge in [0.25, 0.3) is 0 Å². The zero-order chi connectivity index (χ0) is 17.4. The molecular weight excluding hydrogens is 362 g/mol. The van der Waals surface area contributed by atoms with Crippen molar-refractivity contribution in [3.8, 4) is 11.5 Å². The molecule has 0 aliphatic carbocycles. The summed E-state index contributed by atoms with van der Waals surface area (Å²) >= 11 is 1.58. The van der Waals surface area contributed by atoms with Crippen LogP contribution < -0.4 is 9.47 Å². The van der Waals surface area contributed by atoms with Gasteiger partial charge in [0.2, 0.25) is 10.0 Å². The summed E-state index contributed by atoms with van der Waals surface area (Å²) in [7, 11) is -3.73. The van der Waals surface area contributed by atoms with Gasteiger partial charge in [-0.15, -0.1) is 0 Å². The Morgan fingerprint density at radius 2 is 2.04 bits per heavy atom. The van der Waals surface area contributed by atoms with Crippen molar-refractivity contribution in [2.45, 2.75) is 10.8 Å². The van der Waals surface area contributed by atoms with Gasteiger partial charge in [0.15, 0.2) is 11.5 Å². The number of ether oxygens (including phenoxy) is 2. The highest BCUT2D eigenvalue weighted by atomic mass is 32.2. The van der Waals surface area contributed by atoms with Crippen LogP contribution in [0.25, 0.3) is 0 Å². The number of benzene rings is 1. The average molecular weight is 381 g/mol. The number of rotatable bonds is 4. The highest BCUT2D eigenvalue weighted by molar-refractivity contribution is 7.89. The fourth-order valence-electron chi connectivity index (χ4n) is 3.47. The zero-order valence-electron chi connectivity index (χ0n) is 13.5. The number of nitrogens with zero attached hydrogens (tertiary/aromatic N) is 1. The first kappa shape index (κ1) is 16.8. The minimum Gasteiger partial charge on any atom is -0.486 e. The second-order valence-corrected chi connectivity index (χ2v) is 8.89. The van der Waals surface area contributed by atoms with E-state index in [0.717, 1.165) is 5.56 Å². The van der Waals surface area contributed by atoms with Crippen molar-refractivity contribution < 1.29 is 23.0 Å². The smallest absolute Gasteiger partial charge is 0.246 e. The standard InChI is InChI=1S/C17H19NO5S2/c19-10-13-8-18(9-14(13)12-4-7-24-11-12)25(20,21)16-3-1-2-15-17(16)23-6-5-22-15/h1-4,7,11,13-14,19H,5-6,8-10H2/t13-,14-/m0/s1. The summed E-state index contributed by atoms with van der Waals surface area (Å²) in [5.41, 5.74) is 1.08. The number of hydrogen-bond acceptors (Lipinski definition) is 6. The number of hydrogen-bond donors (Lipinski definition) is 1. The van der Waals surface area contributed by atoms with Crippen LogP contribution in [0.3, 0.4) is 0 Å². The van der Waals surface area contributed by atoms with Crippen molar-refractivity contribution >= 4 is 21.4 Å². The Hall–Kier alpha value is -1.61. The molecule has 1 fully saturated rings. The SMILES string of the molecule is O=S(=O)(c1cccc2c1OCCO2)N1C[C@@H](CO)[C@H](c2ccsc2)C1. The summed E-state index contributed by atoms with van der Waals surface area (Å²) in [6, 6.07) is 6.92. The lowest BCUT2D eigenvalue weighted by Gasteiger charge is -2.23. The third-order valence-corrected chi connectivity index (χ3v) is 7.32. The highest BCUT2D eigenvalue weighted by Crippen LogP contribution is 2.41. The molecule has 2 aliphatic heterocycles. The van der Waals surface area contributed by atoms with E-state index >= 15 is 0 Å². The summed E-state index contributed by atoms with van der Waals surface area (Å²) in [5, 5.41) is 13.7. The van der Waals surface area contributed by atoms with Crippen LogP contribution in [0.2, 0.25) is 0 Å². The van der Waals surface area contributed by atoms with E-state index in [1.807, 2.05) is 16.8 Å². The summed E-state index contributed by atoms with van der Waals surface area (Å²) in [6.07, 6.45) is 0. The van der Waals surface area contributed by atoms with Crippen molar-refractivity contribution in [1.29, 1.82) is 0 Å². The van der Waals surface area contributed by atoms with Crippen molar-refractivity contribution in [1.82, 2.24) is 4.31 Å². The number of aliphatic hydroxyl groups is 1. The van der Waals surface area contributed by atoms with Crippen LogP contribution in [0.1, 0.15) is 11.5 Å². The first-order chi connectivity index (χ1) is 12.1. The van der Waals surface area contributed by atoms with Gasteiger partial charge in [-0.05, 0) is 34.5 Å². The number of para-hydroxylation sites is 1. The summed E-state index contributed by atoms with van der Waals surface area (Å²) in [6.45, 7) is 1.35. The summed E-state index contributed by atoms with van der Waals surface area (Å²) in [5.74, 6) is 0.636. The van der Waals surface area contributed by atoms with E-state index in [-0.39, 0.29) is 29.1 Å². The van der Waals surface area contributed by atoms with Gasteiger partial charge < -0.3 is 14.6 Å². The maximum Gasteiger partial charge on any atom is 0.246 e. The highest BCUT2D eigenvalue weighted by Gasteiger charge is 2.41. The number of aliphatic hydroxyl groups excluding tert-OH is 1. The third-order valence-electron chi connectivity index (χ3n) is 4.76. The van der Waals surface area contributed by atoms with Gasteiger partial charge in [0.05, 0.1) is 0 Å². The van der Waals surface area contributed by atoms with E-state index in [4.69, 9.17) is 9.47 Å². The molecule has 0 spiro atoms. The van der Waals surface area contributed by atoms with E-state index in [1.54, 1.807) is 29.5 Å². The Kier molecular flexibility index (Phi) is 4.45. The molecule has 6 nitrogen and oxygen atoms in total. The molecule has 2 aromatic rings. The van der Waals surface area contributed by atoms with Crippen LogP contribution in [0.5, 0.6) is 11.5 Å². The Labute approximate surface area is 150 Å². The molecule has 0 unspecified atom stereocenters. The van der Waals surface area contributed by atoms with E-state index in [0.29, 0.717) is 32.1 Å². The Balaban J connectivity index is 1.68. The molecule has 3 heterocycles. The van der Waals surface area contributed by atoms with Crippen LogP contribution in [-0.2, 0) is 10.0 Å². The lowest BCUT2D eigenvalue weighted by molar-refractivity contribution is 0.166. The molecule has 1 aromatic heterocycles. The Morgan fingerprint density at radius 1 is 1.20 bits per heavy atom. The first-order valence-corrected chi connectivity index (χ1v) is 10.5. The summed E-state index contributed by atoms with van der Waals surface area (Å²) in [4.78, 5) is 0.132. The van der Waals surface area contributed by atoms with Crippen molar-refractivity contribution in [2.75, 3.05) is 32.9 Å². The van der Waals surface area contributed by atoms with E-state index in [9.17, 15) is 13.5 Å². The molecule has 134 valence electrons. The first-order valence-electron chi connectivity index (χ1n) is 8.13. The van der Waals surface area contributed by atoms with Gasteiger partial charge in [-0.3, -0.25) is 0 Å². The maximum absolute atomic E-state index is 13.2. The fourth-order valence-corrected chi connectivity index (χ4v) is 5.86. The molecule has 4 rings (SSSR count). The van der Waals surface area contributed by atoms with Crippen LogP contribution in [0.15, 0.2) is 39.9 Å². The third kappa shape index (κ3) is 2.93. The van der Waals surface area contributed by atoms with E-state index in [1.165, 1.54) is 4.31 Å². The normalized spacial score (nSPS) is 23.7. The van der Waals surface area contributed by atoms with Gasteiger partial charge in [-0.25, -0.2) is 8.42 Å². The van der Waals surface area contributed by atoms with Gasteiger partial charge in [-0.1, -0.05) is 6.07 Å². The van der Waals surface area contributed by atoms with Gasteiger partial charge >= 0.3 is 0 Å². The molecule has 25 heavy (non-hydrogen) atoms. The topological polar surface area (TPSA) is 76.1 Å². The van der Waals surface area contributed by atoms with Gasteiger partial charge in [0.1, 0.15) is 18.1 Å². The number of sulfonamides is 1. The van der Waals surface area contributed by atoms with Crippen molar-refractivity contribution in [3.05, 3.63) is 40.6 Å². The summed E-state index contributed by atoms with van der Waals surface area (Å²) < 4.78 is 38.9. The second-order valence-electron chi connectivity index (χ2n) is 6.21. The Bertz CT molecular complexity index is 850. The van der Waals surface area contributed by atoms with Crippen molar-refractivity contribution in [3.63, 3.8) is 0 Å². The maximum atomic E-state index is 13.2. The molecule has 0 radical (unpaired) electrons. The largest absolute Gasteiger partial charge is 0.486 e. The van der Waals surface area contributed by atoms with Crippen LogP contribution in [0.4, 0.5) is 0 Å². The van der Waals surface area contributed by atoms with Crippen LogP contribution in [0, 0.1) is 5.92 Å². The van der Waals surface area contributed by atoms with Gasteiger partial charge in [-0.2, -0.15) is 15.6 Å². The minimum atomic E-state index is -3.73. The molecule has 1 N–H and O–H groups in total. The zero-order valence-corrected chi connectivity index (χ0v) is 15.1. The predicted molar refractivity (Wildman–Crippen MR) is 93.8 cm³/mol. The molecule has 8 heteroatoms. The molecule has 0 saturated carbocycles. The molecule has 0 amide bonds. The molecule has 2 atom stereocenters. The second kappa shape index (κ2) is 6.60. The lowest BCUT2D eigenvalue weighted by Crippen LogP contribution is -2.30. The van der Waals surface area contributed by atoms with Crippen molar-refractivity contribution in [2.24, 2.45) is 5.92 Å². The van der Waals surface area contributed by atoms with Crippen LogP contribution in [-0.4, -0.2) is 50.7 Å². The minimum absolute atomic E-state index is 0.00253. The predicted octanol–water partition coefficient (Wildman–Crippen LogP) is 1.92. The quantitative estimate of drug-likeness (QED) is 0.876. The van der Waals surface area contributed by atoms with Crippen LogP contribution >= 0.6 is 11.3 Å².